The zero-order chi connectivity index (χ0) is 24.1. The maximum absolute atomic E-state index is 14.8. The van der Waals surface area contributed by atoms with Gasteiger partial charge >= 0.3 is 6.09 Å². The normalized spacial score (nSPS) is 25.7. The molecule has 4 nitrogen and oxygen atoms in total. The van der Waals surface area contributed by atoms with Gasteiger partial charge in [0.15, 0.2) is 6.10 Å². The summed E-state index contributed by atoms with van der Waals surface area (Å²) >= 11 is 0. The standard InChI is InChI=1S/C30H40FN2O2.BrH/c31-27-15-7-8-16-28(27)32(22-25-12-5-2-6-13-25)30(34)35-29-23-33(20-17-26(29)18-21-33)19-9-14-24-10-3-1-4-11-24;/h1,3-4,7-8,10-11,15-16,25-26,29H,2,5-6,9,12-14,17-23H2;1H/q+1;/p-1/t26?,29-,33?;/m0./s1. The van der Waals surface area contributed by atoms with Gasteiger partial charge in [0, 0.05) is 31.7 Å². The number of benzene rings is 2. The van der Waals surface area contributed by atoms with Gasteiger partial charge in [-0.1, -0.05) is 61.7 Å². The Balaban J connectivity index is 0.00000304. The Hall–Kier alpha value is -1.92. The summed E-state index contributed by atoms with van der Waals surface area (Å²) in [7, 11) is 0. The Morgan fingerprint density at radius 1 is 0.944 bits per heavy atom. The van der Waals surface area contributed by atoms with Crippen molar-refractivity contribution < 1.29 is 35.4 Å². The van der Waals surface area contributed by atoms with Crippen LogP contribution in [0.2, 0.25) is 0 Å². The molecule has 4 fully saturated rings. The first-order chi connectivity index (χ1) is 17.1. The second-order valence-electron chi connectivity index (χ2n) is 11.1. The zero-order valence-corrected chi connectivity index (χ0v) is 22.9. The minimum Gasteiger partial charge on any atom is -1.00 e. The maximum atomic E-state index is 14.8. The molecule has 2 bridgehead atoms. The number of para-hydroxylation sites is 1. The Morgan fingerprint density at radius 2 is 1.64 bits per heavy atom. The third kappa shape index (κ3) is 6.49. The number of anilines is 1. The molecule has 0 radical (unpaired) electrons. The molecular weight excluding hydrogens is 519 g/mol. The van der Waals surface area contributed by atoms with Gasteiger partial charge in [-0.15, -0.1) is 0 Å². The van der Waals surface area contributed by atoms with E-state index < -0.39 is 0 Å². The fourth-order valence-electron chi connectivity index (χ4n) is 6.70. The highest BCUT2D eigenvalue weighted by atomic mass is 79.9. The summed E-state index contributed by atoms with van der Waals surface area (Å²) < 4.78 is 22.1. The van der Waals surface area contributed by atoms with Gasteiger partial charge < -0.3 is 26.2 Å². The average Bonchev–Trinajstić information content (AvgIpc) is 2.89. The Labute approximate surface area is 226 Å². The summed E-state index contributed by atoms with van der Waals surface area (Å²) in [4.78, 5) is 15.1. The summed E-state index contributed by atoms with van der Waals surface area (Å²) in [5.74, 6) is 0.502. The highest BCUT2D eigenvalue weighted by molar-refractivity contribution is 5.88. The van der Waals surface area contributed by atoms with Crippen LogP contribution in [-0.2, 0) is 11.2 Å². The predicted octanol–water partition coefficient (Wildman–Crippen LogP) is 3.59. The molecule has 0 N–H and O–H groups in total. The number of quaternary nitrogens is 1. The minimum atomic E-state index is -0.359. The van der Waals surface area contributed by atoms with Gasteiger partial charge in [0.1, 0.15) is 12.4 Å². The first-order valence-corrected chi connectivity index (χ1v) is 13.7. The summed E-state index contributed by atoms with van der Waals surface area (Å²) in [6.07, 6.45) is 9.90. The zero-order valence-electron chi connectivity index (χ0n) is 21.3. The van der Waals surface area contributed by atoms with E-state index in [1.807, 2.05) is 0 Å². The molecule has 0 spiro atoms. The van der Waals surface area contributed by atoms with E-state index in [2.05, 4.69) is 30.3 Å². The Bertz CT molecular complexity index is 974. The lowest BCUT2D eigenvalue weighted by Crippen LogP contribution is -3.00. The third-order valence-corrected chi connectivity index (χ3v) is 8.76. The second kappa shape index (κ2) is 12.6. The molecule has 6 heteroatoms. The lowest BCUT2D eigenvalue weighted by Gasteiger charge is -2.52. The van der Waals surface area contributed by atoms with Crippen molar-refractivity contribution in [2.75, 3.05) is 37.6 Å². The minimum absolute atomic E-state index is 0. The van der Waals surface area contributed by atoms with Crippen molar-refractivity contribution in [2.45, 2.75) is 63.9 Å². The number of nitrogens with zero attached hydrogens (tertiary/aromatic N) is 2. The van der Waals surface area contributed by atoms with Crippen LogP contribution in [0.4, 0.5) is 14.9 Å². The quantitative estimate of drug-likeness (QED) is 0.463. The van der Waals surface area contributed by atoms with E-state index in [0.717, 1.165) is 56.1 Å². The highest BCUT2D eigenvalue weighted by Crippen LogP contribution is 2.37. The number of fused-ring (bicyclic) bond motifs is 3. The van der Waals surface area contributed by atoms with Gasteiger partial charge in [0.05, 0.1) is 25.3 Å². The van der Waals surface area contributed by atoms with Crippen molar-refractivity contribution in [3.63, 3.8) is 0 Å². The molecule has 196 valence electrons. The average molecular weight is 560 g/mol. The van der Waals surface area contributed by atoms with Crippen molar-refractivity contribution in [1.29, 1.82) is 0 Å². The van der Waals surface area contributed by atoms with E-state index in [-0.39, 0.29) is 35.0 Å². The fraction of sp³-hybridized carbons (Fsp3) is 0.567. The van der Waals surface area contributed by atoms with Gasteiger partial charge in [-0.3, -0.25) is 4.90 Å². The van der Waals surface area contributed by atoms with Gasteiger partial charge in [-0.25, -0.2) is 9.18 Å². The molecule has 1 amide bonds. The highest BCUT2D eigenvalue weighted by Gasteiger charge is 2.47. The molecule has 1 atom stereocenters. The predicted molar refractivity (Wildman–Crippen MR) is 138 cm³/mol. The molecule has 36 heavy (non-hydrogen) atoms. The number of carbonyl (C=O) groups excluding carboxylic acids is 1. The monoisotopic (exact) mass is 558 g/mol. The smallest absolute Gasteiger partial charge is 0.414 e. The van der Waals surface area contributed by atoms with Gasteiger partial charge in [0.2, 0.25) is 0 Å². The molecule has 0 unspecified atom stereocenters. The molecule has 4 aliphatic rings. The SMILES string of the molecule is O=C(O[C@H]1C[N+]2(CCCc3ccccc3)CCC1CC2)N(CC1CCCCC1)c1ccccc1F.[Br-]. The summed E-state index contributed by atoms with van der Waals surface area (Å²) in [5.41, 5.74) is 1.75. The first kappa shape index (κ1) is 27.1. The number of rotatable bonds is 8. The summed E-state index contributed by atoms with van der Waals surface area (Å²) in [6.45, 7) is 4.96. The molecule has 1 aliphatic carbocycles. The molecule has 3 heterocycles. The van der Waals surface area contributed by atoms with Crippen LogP contribution in [0.15, 0.2) is 54.6 Å². The van der Waals surface area contributed by atoms with E-state index >= 15 is 0 Å². The van der Waals surface area contributed by atoms with E-state index in [4.69, 9.17) is 4.74 Å². The van der Waals surface area contributed by atoms with Crippen LogP contribution < -0.4 is 21.9 Å². The number of hydrogen-bond donors (Lipinski definition) is 0. The van der Waals surface area contributed by atoms with Crippen LogP contribution in [0.3, 0.4) is 0 Å². The number of halogens is 2. The molecule has 3 saturated heterocycles. The lowest BCUT2D eigenvalue weighted by atomic mass is 9.83. The number of hydrogen-bond acceptors (Lipinski definition) is 2. The topological polar surface area (TPSA) is 29.5 Å². The van der Waals surface area contributed by atoms with Crippen molar-refractivity contribution in [1.82, 2.24) is 0 Å². The fourth-order valence-corrected chi connectivity index (χ4v) is 6.70. The number of carbonyl (C=O) groups is 1. The molecule has 3 aliphatic heterocycles. The molecule has 1 saturated carbocycles. The molecule has 6 rings (SSSR count). The molecule has 2 aromatic rings. The Morgan fingerprint density at radius 3 is 2.36 bits per heavy atom. The van der Waals surface area contributed by atoms with Gasteiger partial charge in [0.25, 0.3) is 0 Å². The molecule has 0 aromatic heterocycles. The van der Waals surface area contributed by atoms with E-state index in [0.29, 0.717) is 24.1 Å². The summed E-state index contributed by atoms with van der Waals surface area (Å²) in [6, 6.07) is 17.3. The van der Waals surface area contributed by atoms with Crippen LogP contribution >= 0.6 is 0 Å². The van der Waals surface area contributed by atoms with E-state index in [9.17, 15) is 9.18 Å². The van der Waals surface area contributed by atoms with E-state index in [1.165, 1.54) is 44.0 Å². The van der Waals surface area contributed by atoms with Crippen LogP contribution in [0, 0.1) is 17.7 Å². The third-order valence-electron chi connectivity index (χ3n) is 8.76. The van der Waals surface area contributed by atoms with Gasteiger partial charge in [-0.2, -0.15) is 0 Å². The number of ether oxygens (including phenoxy) is 1. The van der Waals surface area contributed by atoms with Crippen molar-refractivity contribution >= 4 is 11.8 Å². The first-order valence-electron chi connectivity index (χ1n) is 13.7. The van der Waals surface area contributed by atoms with Crippen LogP contribution in [0.5, 0.6) is 0 Å². The summed E-state index contributed by atoms with van der Waals surface area (Å²) in [5, 5.41) is 0. The van der Waals surface area contributed by atoms with Crippen LogP contribution in [0.25, 0.3) is 0 Å². The molecular formula is C30H40BrFN2O2. The van der Waals surface area contributed by atoms with Crippen molar-refractivity contribution in [2.24, 2.45) is 11.8 Å². The van der Waals surface area contributed by atoms with Crippen molar-refractivity contribution in [3.8, 4) is 0 Å². The maximum Gasteiger partial charge on any atom is 0.414 e. The Kier molecular flexibility index (Phi) is 9.46. The van der Waals surface area contributed by atoms with Gasteiger partial charge in [-0.05, 0) is 42.9 Å². The second-order valence-corrected chi connectivity index (χ2v) is 11.1. The van der Waals surface area contributed by atoms with Crippen LogP contribution in [0.1, 0.15) is 56.9 Å². The number of piperidine rings is 3. The largest absolute Gasteiger partial charge is 1.00 e. The molecule has 2 aromatic carbocycles. The number of amides is 1. The lowest BCUT2D eigenvalue weighted by molar-refractivity contribution is -0.946. The van der Waals surface area contributed by atoms with E-state index in [1.54, 1.807) is 23.1 Å². The number of aryl methyl sites for hydroxylation is 1. The van der Waals surface area contributed by atoms with Crippen molar-refractivity contribution in [3.05, 3.63) is 66.0 Å². The van der Waals surface area contributed by atoms with Crippen LogP contribution in [-0.4, -0.2) is 49.4 Å².